The minimum atomic E-state index is -1.12. The average molecular weight is 315 g/mol. The normalized spacial score (nSPS) is 11.6. The zero-order valence-corrected chi connectivity index (χ0v) is 13.0. The maximum Gasteiger partial charge on any atom is 0.327 e. The lowest BCUT2D eigenvalue weighted by Crippen LogP contribution is -2.33. The van der Waals surface area contributed by atoms with Gasteiger partial charge in [-0.2, -0.15) is 15.0 Å². The summed E-state index contributed by atoms with van der Waals surface area (Å²) in [4.78, 5) is 37.1. The van der Waals surface area contributed by atoms with Crippen molar-refractivity contribution in [3.05, 3.63) is 4.91 Å². The third kappa shape index (κ3) is 5.02. The van der Waals surface area contributed by atoms with Crippen LogP contribution in [-0.4, -0.2) is 66.0 Å². The molecule has 0 saturated heterocycles. The zero-order chi connectivity index (χ0) is 16.0. The quantitative estimate of drug-likeness (QED) is 0.510. The van der Waals surface area contributed by atoms with Gasteiger partial charge in [0.05, 0.1) is 0 Å². The third-order valence-electron chi connectivity index (χ3n) is 2.31. The number of nitrogens with zero attached hydrogens (tertiary/aromatic N) is 6. The summed E-state index contributed by atoms with van der Waals surface area (Å²) in [5.74, 6) is -0.247. The number of carboxylic acids is 1. The van der Waals surface area contributed by atoms with Gasteiger partial charge in [0.25, 0.3) is 0 Å². The van der Waals surface area contributed by atoms with Crippen molar-refractivity contribution in [1.29, 1.82) is 0 Å². The summed E-state index contributed by atoms with van der Waals surface area (Å²) in [6, 6.07) is -1.03. The van der Waals surface area contributed by atoms with E-state index in [4.69, 9.17) is 5.11 Å². The van der Waals surface area contributed by atoms with Gasteiger partial charge in [-0.25, -0.2) is 4.79 Å². The van der Waals surface area contributed by atoms with E-state index in [9.17, 15) is 9.70 Å². The third-order valence-corrected chi connectivity index (χ3v) is 2.89. The molecule has 1 atom stereocenters. The number of anilines is 3. The zero-order valence-electron chi connectivity index (χ0n) is 12.1. The van der Waals surface area contributed by atoms with Crippen molar-refractivity contribution in [1.82, 2.24) is 15.0 Å². The van der Waals surface area contributed by atoms with Crippen LogP contribution in [0, 0.1) is 4.91 Å². The highest BCUT2D eigenvalue weighted by molar-refractivity contribution is 7.97. The number of rotatable bonds is 8. The van der Waals surface area contributed by atoms with E-state index in [1.807, 2.05) is 0 Å². The SMILES string of the molecule is CN(C)c1nc(N[C@H](CSN=O)C(=O)O)nc(N(C)C)n1. The maximum absolute atomic E-state index is 11.1. The van der Waals surface area contributed by atoms with Crippen LogP contribution in [0.2, 0.25) is 0 Å². The van der Waals surface area contributed by atoms with Crippen molar-refractivity contribution in [3.63, 3.8) is 0 Å². The molecule has 0 aromatic carbocycles. The molecular weight excluding hydrogens is 298 g/mol. The number of nitrogens with one attached hydrogen (secondary N) is 1. The Morgan fingerprint density at radius 2 is 1.76 bits per heavy atom. The van der Waals surface area contributed by atoms with Crippen LogP contribution in [0.4, 0.5) is 17.8 Å². The summed E-state index contributed by atoms with van der Waals surface area (Å²) in [5, 5.41) is 11.8. The smallest absolute Gasteiger partial charge is 0.327 e. The van der Waals surface area contributed by atoms with Gasteiger partial charge in [-0.05, 0) is 0 Å². The van der Waals surface area contributed by atoms with Crippen molar-refractivity contribution < 1.29 is 9.90 Å². The molecule has 0 aliphatic heterocycles. The molecule has 0 bridgehead atoms. The lowest BCUT2D eigenvalue weighted by atomic mass is 10.3. The molecule has 116 valence electrons. The molecule has 21 heavy (non-hydrogen) atoms. The average Bonchev–Trinajstić information content (AvgIpc) is 2.42. The summed E-state index contributed by atoms with van der Waals surface area (Å²) < 4.78 is 2.58. The van der Waals surface area contributed by atoms with E-state index in [0.717, 1.165) is 0 Å². The Balaban J connectivity index is 3.04. The monoisotopic (exact) mass is 315 g/mol. The number of nitroso groups, excluding NO2 is 1. The fourth-order valence-corrected chi connectivity index (χ4v) is 1.69. The molecule has 0 aliphatic carbocycles. The van der Waals surface area contributed by atoms with Crippen LogP contribution in [0.1, 0.15) is 0 Å². The van der Waals surface area contributed by atoms with Crippen molar-refractivity contribution in [2.75, 3.05) is 49.1 Å². The molecule has 0 aliphatic rings. The standard InChI is InChI=1S/C10H17N7O3S/c1-16(2)9-12-8(13-10(14-9)17(3)4)11-6(7(18)19)5-21-15-20/h6H,5H2,1-4H3,(H,18,19)(H,11,12,13,14)/t6-/m1/s1. The van der Waals surface area contributed by atoms with Crippen LogP contribution in [-0.2, 0) is 4.79 Å². The first-order valence-corrected chi connectivity index (χ1v) is 6.84. The number of hydrogen-bond acceptors (Lipinski definition) is 10. The first-order valence-electron chi connectivity index (χ1n) is 5.89. The van der Waals surface area contributed by atoms with Crippen LogP contribution < -0.4 is 15.1 Å². The Hall–Kier alpha value is -2.17. The van der Waals surface area contributed by atoms with Gasteiger partial charge < -0.3 is 20.2 Å². The van der Waals surface area contributed by atoms with Gasteiger partial charge in [0.1, 0.15) is 6.04 Å². The summed E-state index contributed by atoms with van der Waals surface area (Å²) in [5.41, 5.74) is 0. The van der Waals surface area contributed by atoms with Crippen molar-refractivity contribution in [2.45, 2.75) is 6.04 Å². The number of hydrogen-bond donors (Lipinski definition) is 2. The number of carboxylic acid groups (broad SMARTS) is 1. The van der Waals surface area contributed by atoms with Gasteiger partial charge in [0, 0.05) is 50.5 Å². The van der Waals surface area contributed by atoms with Gasteiger partial charge in [-0.1, -0.05) is 0 Å². The van der Waals surface area contributed by atoms with Crippen molar-refractivity contribution >= 4 is 35.8 Å². The topological polar surface area (TPSA) is 124 Å². The highest BCUT2D eigenvalue weighted by Crippen LogP contribution is 2.15. The van der Waals surface area contributed by atoms with E-state index < -0.39 is 12.0 Å². The fourth-order valence-electron chi connectivity index (χ4n) is 1.25. The maximum atomic E-state index is 11.1. The molecule has 0 fully saturated rings. The van der Waals surface area contributed by atoms with Gasteiger partial charge in [-0.15, -0.1) is 4.91 Å². The first-order chi connectivity index (χ1) is 9.85. The molecular formula is C10H17N7O3S. The number of carbonyl (C=O) groups is 1. The molecule has 0 radical (unpaired) electrons. The first kappa shape index (κ1) is 16.9. The summed E-state index contributed by atoms with van der Waals surface area (Å²) in [6.45, 7) is 0. The molecule has 0 saturated carbocycles. The highest BCUT2D eigenvalue weighted by atomic mass is 32.2. The van der Waals surface area contributed by atoms with Crippen LogP contribution in [0.25, 0.3) is 0 Å². The second kappa shape index (κ2) is 7.57. The van der Waals surface area contributed by atoms with Crippen LogP contribution >= 0.6 is 11.9 Å². The Bertz CT molecular complexity index is 485. The second-order valence-electron chi connectivity index (χ2n) is 4.45. The van der Waals surface area contributed by atoms with Crippen molar-refractivity contribution in [2.24, 2.45) is 4.58 Å². The minimum absolute atomic E-state index is 0.0287. The molecule has 1 aromatic rings. The van der Waals surface area contributed by atoms with Gasteiger partial charge in [0.2, 0.25) is 17.8 Å². The second-order valence-corrected chi connectivity index (χ2v) is 5.19. The number of aromatic nitrogens is 3. The molecule has 0 unspecified atom stereocenters. The van der Waals surface area contributed by atoms with Crippen LogP contribution in [0.5, 0.6) is 0 Å². The van der Waals surface area contributed by atoms with Gasteiger partial charge >= 0.3 is 5.97 Å². The summed E-state index contributed by atoms with van der Waals surface area (Å²) >= 11 is 0.619. The predicted octanol–water partition coefficient (Wildman–Crippen LogP) is 0.283. The van der Waals surface area contributed by atoms with E-state index in [-0.39, 0.29) is 11.7 Å². The molecule has 10 nitrogen and oxygen atoms in total. The molecule has 11 heteroatoms. The van der Waals surface area contributed by atoms with E-state index in [1.165, 1.54) is 0 Å². The largest absolute Gasteiger partial charge is 0.480 e. The molecule has 0 spiro atoms. The Morgan fingerprint density at radius 1 is 1.24 bits per heavy atom. The minimum Gasteiger partial charge on any atom is -0.480 e. The van der Waals surface area contributed by atoms with E-state index >= 15 is 0 Å². The van der Waals surface area contributed by atoms with Gasteiger partial charge in [0.15, 0.2) is 0 Å². The Labute approximate surface area is 126 Å². The summed E-state index contributed by atoms with van der Waals surface area (Å²) in [7, 11) is 7.05. The van der Waals surface area contributed by atoms with E-state index in [1.54, 1.807) is 38.0 Å². The lowest BCUT2D eigenvalue weighted by Gasteiger charge is -2.18. The number of aliphatic carboxylic acids is 1. The highest BCUT2D eigenvalue weighted by Gasteiger charge is 2.20. The predicted molar refractivity (Wildman–Crippen MR) is 81.8 cm³/mol. The molecule has 1 rings (SSSR count). The lowest BCUT2D eigenvalue weighted by molar-refractivity contribution is -0.137. The van der Waals surface area contributed by atoms with Crippen molar-refractivity contribution in [3.8, 4) is 0 Å². The van der Waals surface area contributed by atoms with Gasteiger partial charge in [-0.3, -0.25) is 0 Å². The Kier molecular flexibility index (Phi) is 6.09. The molecule has 1 heterocycles. The fraction of sp³-hybridized carbons (Fsp3) is 0.600. The van der Waals surface area contributed by atoms with E-state index in [2.05, 4.69) is 24.9 Å². The van der Waals surface area contributed by atoms with Crippen LogP contribution in [0.3, 0.4) is 0 Å². The molecule has 2 N–H and O–H groups in total. The molecule has 0 amide bonds. The van der Waals surface area contributed by atoms with Crippen LogP contribution in [0.15, 0.2) is 4.58 Å². The van der Waals surface area contributed by atoms with E-state index in [0.29, 0.717) is 23.8 Å². The molecule has 1 aromatic heterocycles. The summed E-state index contributed by atoms with van der Waals surface area (Å²) in [6.07, 6.45) is 0. The Morgan fingerprint density at radius 3 is 2.14 bits per heavy atom.